The summed E-state index contributed by atoms with van der Waals surface area (Å²) in [5.74, 6) is 0.167. The molecular weight excluding hydrogens is 433 g/mol. The molecule has 1 aromatic heterocycles. The Kier molecular flexibility index (Phi) is 8.67. The van der Waals surface area contributed by atoms with E-state index in [2.05, 4.69) is 33.2 Å². The zero-order valence-electron chi connectivity index (χ0n) is 13.2. The van der Waals surface area contributed by atoms with E-state index in [0.717, 1.165) is 40.4 Å². The van der Waals surface area contributed by atoms with E-state index in [-0.39, 0.29) is 36.8 Å². The molecule has 0 radical (unpaired) electrons. The maximum Gasteiger partial charge on any atom is 0.228 e. The number of benzene rings is 1. The Morgan fingerprint density at radius 3 is 2.96 bits per heavy atom. The molecule has 2 heterocycles. The van der Waals surface area contributed by atoms with Crippen molar-refractivity contribution in [1.82, 2.24) is 15.2 Å². The second-order valence-electron chi connectivity index (χ2n) is 5.47. The first-order chi connectivity index (χ1) is 10.6. The highest BCUT2D eigenvalue weighted by Crippen LogP contribution is 2.26. The summed E-state index contributed by atoms with van der Waals surface area (Å²) >= 11 is 5.06. The molecule has 3 rings (SSSR count). The van der Waals surface area contributed by atoms with Gasteiger partial charge in [-0.2, -0.15) is 0 Å². The van der Waals surface area contributed by atoms with Crippen molar-refractivity contribution >= 4 is 58.0 Å². The Labute approximate surface area is 167 Å². The topological polar surface area (TPSA) is 45.2 Å². The first kappa shape index (κ1) is 21.4. The van der Waals surface area contributed by atoms with Crippen LogP contribution in [0.2, 0.25) is 0 Å². The van der Waals surface area contributed by atoms with Crippen LogP contribution in [0.3, 0.4) is 0 Å². The van der Waals surface area contributed by atoms with Crippen LogP contribution in [-0.2, 0) is 11.2 Å². The van der Waals surface area contributed by atoms with E-state index >= 15 is 0 Å². The molecule has 1 aliphatic rings. The molecule has 0 bridgehead atoms. The molecule has 1 saturated heterocycles. The molecule has 1 unspecified atom stereocenters. The van der Waals surface area contributed by atoms with Gasteiger partial charge in [0.1, 0.15) is 5.01 Å². The summed E-state index contributed by atoms with van der Waals surface area (Å²) in [7, 11) is 0. The Morgan fingerprint density at radius 2 is 2.25 bits per heavy atom. The standard InChI is InChI=1S/C16H18BrN3OS.2ClH/c1-11-9-18-5-6-20(11)15(21)8-14-10-22-16(19-14)12-3-2-4-13(17)7-12;;/h2-4,7,10-11,18H,5-6,8-9H2,1H3;2*1H. The number of rotatable bonds is 3. The summed E-state index contributed by atoms with van der Waals surface area (Å²) in [5.41, 5.74) is 1.93. The number of amides is 1. The number of thiazole rings is 1. The maximum atomic E-state index is 12.4. The van der Waals surface area contributed by atoms with Crippen LogP contribution in [0.4, 0.5) is 0 Å². The Hall–Kier alpha value is -0.660. The minimum absolute atomic E-state index is 0. The zero-order chi connectivity index (χ0) is 15.5. The van der Waals surface area contributed by atoms with Gasteiger partial charge in [-0.15, -0.1) is 36.2 Å². The monoisotopic (exact) mass is 451 g/mol. The molecule has 1 aromatic carbocycles. The number of hydrogen-bond donors (Lipinski definition) is 1. The minimum Gasteiger partial charge on any atom is -0.337 e. The van der Waals surface area contributed by atoms with Gasteiger partial charge in [0.05, 0.1) is 12.1 Å². The molecule has 24 heavy (non-hydrogen) atoms. The Balaban J connectivity index is 0.00000144. The van der Waals surface area contributed by atoms with Crippen molar-refractivity contribution in [2.24, 2.45) is 0 Å². The minimum atomic E-state index is 0. The van der Waals surface area contributed by atoms with Crippen molar-refractivity contribution < 1.29 is 4.79 Å². The second-order valence-corrected chi connectivity index (χ2v) is 7.25. The molecule has 8 heteroatoms. The van der Waals surface area contributed by atoms with Gasteiger partial charge in [-0.1, -0.05) is 28.1 Å². The van der Waals surface area contributed by atoms with Gasteiger partial charge in [-0.05, 0) is 19.1 Å². The Bertz CT molecular complexity index is 683. The quantitative estimate of drug-likeness (QED) is 0.770. The fourth-order valence-corrected chi connectivity index (χ4v) is 3.83. The number of piperazine rings is 1. The number of aromatic nitrogens is 1. The Morgan fingerprint density at radius 1 is 1.46 bits per heavy atom. The molecule has 132 valence electrons. The third-order valence-electron chi connectivity index (χ3n) is 3.78. The first-order valence-corrected chi connectivity index (χ1v) is 9.01. The van der Waals surface area contributed by atoms with E-state index in [9.17, 15) is 4.79 Å². The van der Waals surface area contributed by atoms with Crippen LogP contribution < -0.4 is 5.32 Å². The zero-order valence-corrected chi connectivity index (χ0v) is 17.2. The van der Waals surface area contributed by atoms with Crippen LogP contribution in [-0.4, -0.2) is 41.5 Å². The van der Waals surface area contributed by atoms with E-state index in [1.54, 1.807) is 11.3 Å². The molecule has 4 nitrogen and oxygen atoms in total. The van der Waals surface area contributed by atoms with Crippen molar-refractivity contribution in [2.45, 2.75) is 19.4 Å². The fourth-order valence-electron chi connectivity index (χ4n) is 2.61. The molecular formula is C16H20BrCl2N3OS. The van der Waals surface area contributed by atoms with E-state index in [1.165, 1.54) is 0 Å². The summed E-state index contributed by atoms with van der Waals surface area (Å²) in [6.45, 7) is 4.60. The van der Waals surface area contributed by atoms with Gasteiger partial charge in [0.15, 0.2) is 0 Å². The van der Waals surface area contributed by atoms with Crippen LogP contribution in [0.5, 0.6) is 0 Å². The molecule has 0 aliphatic carbocycles. The largest absolute Gasteiger partial charge is 0.337 e. The molecule has 1 fully saturated rings. The lowest BCUT2D eigenvalue weighted by Gasteiger charge is -2.33. The number of hydrogen-bond acceptors (Lipinski definition) is 4. The van der Waals surface area contributed by atoms with Crippen LogP contribution in [0.1, 0.15) is 12.6 Å². The van der Waals surface area contributed by atoms with Crippen molar-refractivity contribution in [2.75, 3.05) is 19.6 Å². The summed E-state index contributed by atoms with van der Waals surface area (Å²) in [6, 6.07) is 8.32. The fraction of sp³-hybridized carbons (Fsp3) is 0.375. The second kappa shape index (κ2) is 9.73. The average Bonchev–Trinajstić information content (AvgIpc) is 2.96. The number of carbonyl (C=O) groups excluding carboxylic acids is 1. The first-order valence-electron chi connectivity index (χ1n) is 7.34. The lowest BCUT2D eigenvalue weighted by atomic mass is 10.2. The van der Waals surface area contributed by atoms with Crippen molar-refractivity contribution in [3.8, 4) is 10.6 Å². The number of halogens is 3. The molecule has 1 N–H and O–H groups in total. The van der Waals surface area contributed by atoms with Gasteiger partial charge < -0.3 is 10.2 Å². The maximum absolute atomic E-state index is 12.4. The highest BCUT2D eigenvalue weighted by atomic mass is 79.9. The van der Waals surface area contributed by atoms with Gasteiger partial charge in [0.25, 0.3) is 0 Å². The van der Waals surface area contributed by atoms with Crippen LogP contribution in [0.15, 0.2) is 34.1 Å². The lowest BCUT2D eigenvalue weighted by molar-refractivity contribution is -0.133. The third-order valence-corrected chi connectivity index (χ3v) is 5.21. The van der Waals surface area contributed by atoms with E-state index < -0.39 is 0 Å². The van der Waals surface area contributed by atoms with E-state index in [1.807, 2.05) is 34.5 Å². The molecule has 1 atom stereocenters. The third kappa shape index (κ3) is 5.17. The summed E-state index contributed by atoms with van der Waals surface area (Å²) in [6.07, 6.45) is 0.384. The predicted molar refractivity (Wildman–Crippen MR) is 107 cm³/mol. The van der Waals surface area contributed by atoms with E-state index in [4.69, 9.17) is 0 Å². The number of nitrogens with one attached hydrogen (secondary N) is 1. The average molecular weight is 453 g/mol. The lowest BCUT2D eigenvalue weighted by Crippen LogP contribution is -2.52. The highest BCUT2D eigenvalue weighted by Gasteiger charge is 2.23. The summed E-state index contributed by atoms with van der Waals surface area (Å²) < 4.78 is 1.03. The number of carbonyl (C=O) groups is 1. The van der Waals surface area contributed by atoms with Gasteiger partial charge in [-0.25, -0.2) is 4.98 Å². The SMILES string of the molecule is CC1CNCCN1C(=O)Cc1csc(-c2cccc(Br)c2)n1.Cl.Cl. The smallest absolute Gasteiger partial charge is 0.228 e. The van der Waals surface area contributed by atoms with Gasteiger partial charge in [0.2, 0.25) is 5.91 Å². The van der Waals surface area contributed by atoms with Gasteiger partial charge in [-0.3, -0.25) is 4.79 Å². The van der Waals surface area contributed by atoms with Crippen LogP contribution in [0, 0.1) is 0 Å². The van der Waals surface area contributed by atoms with Crippen molar-refractivity contribution in [1.29, 1.82) is 0 Å². The number of nitrogens with zero attached hydrogens (tertiary/aromatic N) is 2. The molecule has 1 aliphatic heterocycles. The normalized spacial score (nSPS) is 16.9. The molecule has 1 amide bonds. The molecule has 0 spiro atoms. The van der Waals surface area contributed by atoms with Crippen molar-refractivity contribution in [3.63, 3.8) is 0 Å². The van der Waals surface area contributed by atoms with Crippen molar-refractivity contribution in [3.05, 3.63) is 39.8 Å². The molecule has 2 aromatic rings. The van der Waals surface area contributed by atoms with Gasteiger partial charge >= 0.3 is 0 Å². The highest BCUT2D eigenvalue weighted by molar-refractivity contribution is 9.10. The summed E-state index contributed by atoms with van der Waals surface area (Å²) in [5, 5.41) is 6.25. The van der Waals surface area contributed by atoms with Gasteiger partial charge in [0, 0.05) is 41.1 Å². The predicted octanol–water partition coefficient (Wildman–Crippen LogP) is 3.78. The van der Waals surface area contributed by atoms with Crippen LogP contribution in [0.25, 0.3) is 10.6 Å². The summed E-state index contributed by atoms with van der Waals surface area (Å²) in [4.78, 5) is 19.0. The van der Waals surface area contributed by atoms with E-state index in [0.29, 0.717) is 6.42 Å². The van der Waals surface area contributed by atoms with Crippen LogP contribution >= 0.6 is 52.1 Å². The molecule has 0 saturated carbocycles.